The Kier molecular flexibility index (Phi) is 14.2. The summed E-state index contributed by atoms with van der Waals surface area (Å²) >= 11 is 0. The Morgan fingerprint density at radius 1 is 1.00 bits per heavy atom. The summed E-state index contributed by atoms with van der Waals surface area (Å²) in [6, 6.07) is 9.06. The van der Waals surface area contributed by atoms with E-state index >= 15 is 0 Å². The molecule has 0 unspecified atom stereocenters. The first-order valence-electron chi connectivity index (χ1n) is 15.9. The van der Waals surface area contributed by atoms with E-state index in [0.29, 0.717) is 38.8 Å². The summed E-state index contributed by atoms with van der Waals surface area (Å²) in [6.07, 6.45) is 15.9. The molecule has 1 aromatic rings. The van der Waals surface area contributed by atoms with Crippen molar-refractivity contribution in [1.82, 2.24) is 20.4 Å². The van der Waals surface area contributed by atoms with Gasteiger partial charge in [0.25, 0.3) is 0 Å². The molecular formula is C33H52N4O4. The number of nitrogens with one attached hydrogen (secondary N) is 2. The van der Waals surface area contributed by atoms with E-state index in [1.54, 1.807) is 0 Å². The van der Waals surface area contributed by atoms with Crippen molar-refractivity contribution in [3.8, 4) is 0 Å². The van der Waals surface area contributed by atoms with E-state index in [9.17, 15) is 14.4 Å². The molecule has 0 saturated carbocycles. The van der Waals surface area contributed by atoms with Crippen molar-refractivity contribution < 1.29 is 19.1 Å². The number of nitrogens with zero attached hydrogens (tertiary/aromatic N) is 2. The number of amides is 3. The topological polar surface area (TPSA) is 91.0 Å². The first-order chi connectivity index (χ1) is 20.0. The lowest BCUT2D eigenvalue weighted by Gasteiger charge is -2.51. The molecule has 228 valence electrons. The normalized spacial score (nSPS) is 19.1. The van der Waals surface area contributed by atoms with E-state index in [4.69, 9.17) is 4.74 Å². The Bertz CT molecular complexity index is 959. The zero-order valence-corrected chi connectivity index (χ0v) is 25.4. The molecule has 0 radical (unpaired) electrons. The number of piperidine rings is 1. The van der Waals surface area contributed by atoms with Crippen molar-refractivity contribution in [2.75, 3.05) is 32.7 Å². The molecule has 1 atom stereocenters. The van der Waals surface area contributed by atoms with Crippen molar-refractivity contribution in [2.45, 2.75) is 109 Å². The van der Waals surface area contributed by atoms with Crippen LogP contribution in [0.3, 0.4) is 0 Å². The quantitative estimate of drug-likeness (QED) is 0.189. The predicted molar refractivity (Wildman–Crippen MR) is 163 cm³/mol. The maximum absolute atomic E-state index is 13.5. The van der Waals surface area contributed by atoms with Crippen LogP contribution in [0.2, 0.25) is 0 Å². The van der Waals surface area contributed by atoms with Crippen LogP contribution in [-0.2, 0) is 20.9 Å². The highest BCUT2D eigenvalue weighted by Crippen LogP contribution is 2.34. The number of alkyl carbamates (subject to hydrolysis) is 1. The second-order valence-electron chi connectivity index (χ2n) is 11.5. The van der Waals surface area contributed by atoms with Crippen molar-refractivity contribution >= 4 is 17.9 Å². The molecule has 0 aromatic heterocycles. The largest absolute Gasteiger partial charge is 0.445 e. The maximum atomic E-state index is 13.5. The highest BCUT2D eigenvalue weighted by molar-refractivity contribution is 6.00. The highest BCUT2D eigenvalue weighted by Gasteiger charge is 2.52. The van der Waals surface area contributed by atoms with E-state index in [1.165, 1.54) is 32.1 Å². The summed E-state index contributed by atoms with van der Waals surface area (Å²) in [6.45, 7) is 8.16. The van der Waals surface area contributed by atoms with Crippen molar-refractivity contribution in [3.05, 3.63) is 48.0 Å². The Hall–Kier alpha value is -2.87. The minimum absolute atomic E-state index is 0.000404. The Morgan fingerprint density at radius 3 is 2.49 bits per heavy atom. The fourth-order valence-electron chi connectivity index (χ4n) is 5.87. The van der Waals surface area contributed by atoms with Crippen molar-refractivity contribution in [3.63, 3.8) is 0 Å². The van der Waals surface area contributed by atoms with E-state index in [1.807, 2.05) is 35.2 Å². The minimum atomic E-state index is -0.729. The van der Waals surface area contributed by atoms with Gasteiger partial charge in [-0.2, -0.15) is 0 Å². The van der Waals surface area contributed by atoms with Gasteiger partial charge in [0, 0.05) is 32.7 Å². The Morgan fingerprint density at radius 2 is 1.76 bits per heavy atom. The van der Waals surface area contributed by atoms with Gasteiger partial charge < -0.3 is 20.3 Å². The van der Waals surface area contributed by atoms with Crippen LogP contribution in [0.15, 0.2) is 42.5 Å². The van der Waals surface area contributed by atoms with Gasteiger partial charge in [-0.3, -0.25) is 14.5 Å². The van der Waals surface area contributed by atoms with E-state index < -0.39 is 17.7 Å². The summed E-state index contributed by atoms with van der Waals surface area (Å²) in [7, 11) is 0. The summed E-state index contributed by atoms with van der Waals surface area (Å²) in [5.41, 5.74) is 0.210. The predicted octanol–water partition coefficient (Wildman–Crippen LogP) is 5.57. The number of piperazine rings is 1. The molecule has 41 heavy (non-hydrogen) atoms. The number of rotatable bonds is 17. The molecular weight excluding hydrogens is 516 g/mol. The summed E-state index contributed by atoms with van der Waals surface area (Å²) < 4.78 is 5.24. The molecule has 2 N–H and O–H groups in total. The molecule has 2 fully saturated rings. The smallest absolute Gasteiger partial charge is 0.407 e. The van der Waals surface area contributed by atoms with Crippen molar-refractivity contribution in [2.24, 2.45) is 0 Å². The molecule has 2 aliphatic heterocycles. The first-order valence-corrected chi connectivity index (χ1v) is 15.9. The van der Waals surface area contributed by atoms with Crippen LogP contribution in [0.4, 0.5) is 4.79 Å². The second-order valence-corrected chi connectivity index (χ2v) is 11.5. The van der Waals surface area contributed by atoms with Crippen LogP contribution < -0.4 is 10.6 Å². The fourth-order valence-corrected chi connectivity index (χ4v) is 5.87. The third-order valence-electron chi connectivity index (χ3n) is 8.35. The fraction of sp³-hybridized carbons (Fsp3) is 0.667. The lowest BCUT2D eigenvalue weighted by molar-refractivity contribution is -0.161. The third kappa shape index (κ3) is 10.2. The van der Waals surface area contributed by atoms with Gasteiger partial charge in [0.15, 0.2) is 0 Å². The maximum Gasteiger partial charge on any atom is 0.407 e. The highest BCUT2D eigenvalue weighted by atomic mass is 16.5. The van der Waals surface area contributed by atoms with Gasteiger partial charge >= 0.3 is 6.09 Å². The van der Waals surface area contributed by atoms with E-state index in [-0.39, 0.29) is 18.4 Å². The van der Waals surface area contributed by atoms with Gasteiger partial charge in [0.1, 0.15) is 18.2 Å². The standard InChI is InChI=1S/C33H52N4O4/c1-3-5-6-7-8-9-10-16-24-36-25-20-33(21-26-36)31(39)35-29(30(38)37(33)23-4-2)19-14-15-22-34-32(40)41-27-28-17-12-11-13-18-28/h10-13,16-18,29H,3-9,14-15,19-27H2,1-2H3,(H,34,40)(H,35,39)/b16-10+/t29-/m0/s1. The van der Waals surface area contributed by atoms with Crippen LogP contribution in [0.25, 0.3) is 0 Å². The number of carbonyl (C=O) groups excluding carboxylic acids is 3. The monoisotopic (exact) mass is 568 g/mol. The summed E-state index contributed by atoms with van der Waals surface area (Å²) in [5.74, 6) is 0.0403. The number of likely N-dealkylation sites (tertiary alicyclic amines) is 1. The third-order valence-corrected chi connectivity index (χ3v) is 8.35. The second kappa shape index (κ2) is 17.8. The van der Waals surface area contributed by atoms with Gasteiger partial charge in [-0.1, -0.05) is 82.0 Å². The number of allylic oxidation sites excluding steroid dienone is 1. The molecule has 0 bridgehead atoms. The number of hydrogen-bond donors (Lipinski definition) is 2. The van der Waals surface area contributed by atoms with Gasteiger partial charge in [-0.05, 0) is 56.9 Å². The zero-order valence-electron chi connectivity index (χ0n) is 25.4. The average Bonchev–Trinajstić information content (AvgIpc) is 2.99. The minimum Gasteiger partial charge on any atom is -0.445 e. The molecule has 2 aliphatic rings. The molecule has 3 amide bonds. The van der Waals surface area contributed by atoms with Crippen molar-refractivity contribution in [1.29, 1.82) is 0 Å². The molecule has 8 heteroatoms. The zero-order chi connectivity index (χ0) is 29.3. The lowest BCUT2D eigenvalue weighted by atomic mass is 9.81. The Labute approximate surface area is 247 Å². The van der Waals surface area contributed by atoms with Gasteiger partial charge in [-0.15, -0.1) is 0 Å². The molecule has 2 saturated heterocycles. The van der Waals surface area contributed by atoms with Gasteiger partial charge in [0.2, 0.25) is 11.8 Å². The number of benzene rings is 1. The molecule has 1 aromatic carbocycles. The van der Waals surface area contributed by atoms with Crippen LogP contribution in [0, 0.1) is 0 Å². The first kappa shape index (κ1) is 32.6. The van der Waals surface area contributed by atoms with Gasteiger partial charge in [-0.25, -0.2) is 4.79 Å². The SMILES string of the molecule is CCCCCCC/C=C/CN1CCC2(CC1)C(=O)N[C@@H](CCCCNC(=O)OCc1ccccc1)C(=O)N2CCC. The van der Waals surface area contributed by atoms with Crippen LogP contribution in [-0.4, -0.2) is 72.0 Å². The Balaban J connectivity index is 1.38. The van der Waals surface area contributed by atoms with Crippen LogP contribution in [0.1, 0.15) is 96.5 Å². The van der Waals surface area contributed by atoms with Crippen LogP contribution in [0.5, 0.6) is 0 Å². The van der Waals surface area contributed by atoms with E-state index in [0.717, 1.165) is 44.5 Å². The summed E-state index contributed by atoms with van der Waals surface area (Å²) in [4.78, 5) is 43.3. The number of hydrogen-bond acceptors (Lipinski definition) is 5. The number of carbonyl (C=O) groups is 3. The molecule has 8 nitrogen and oxygen atoms in total. The molecule has 2 heterocycles. The number of ether oxygens (including phenoxy) is 1. The lowest BCUT2D eigenvalue weighted by Crippen LogP contribution is -2.72. The summed E-state index contributed by atoms with van der Waals surface area (Å²) in [5, 5.41) is 5.84. The average molecular weight is 569 g/mol. The van der Waals surface area contributed by atoms with E-state index in [2.05, 4.69) is 41.5 Å². The van der Waals surface area contributed by atoms with Crippen LogP contribution >= 0.6 is 0 Å². The molecule has 1 spiro atoms. The molecule has 3 rings (SSSR count). The van der Waals surface area contributed by atoms with Gasteiger partial charge in [0.05, 0.1) is 0 Å². The molecule has 0 aliphatic carbocycles. The number of unbranched alkanes of at least 4 members (excludes halogenated alkanes) is 6.